The van der Waals surface area contributed by atoms with E-state index in [2.05, 4.69) is 15.5 Å². The molecule has 3 rings (SSSR count). The van der Waals surface area contributed by atoms with Crippen LogP contribution >= 0.6 is 23.1 Å². The summed E-state index contributed by atoms with van der Waals surface area (Å²) in [6, 6.07) is 13.1. The Bertz CT molecular complexity index is 1110. The van der Waals surface area contributed by atoms with Crippen LogP contribution in [-0.4, -0.2) is 37.3 Å². The first-order valence-electron chi connectivity index (χ1n) is 8.74. The molecule has 1 aromatic heterocycles. The van der Waals surface area contributed by atoms with Gasteiger partial charge in [-0.3, -0.25) is 14.4 Å². The molecule has 1 N–H and O–H groups in total. The number of aromatic nitrogens is 2. The van der Waals surface area contributed by atoms with Gasteiger partial charge in [0.2, 0.25) is 5.13 Å². The highest BCUT2D eigenvalue weighted by atomic mass is 32.2. The van der Waals surface area contributed by atoms with E-state index in [4.69, 9.17) is 0 Å². The van der Waals surface area contributed by atoms with E-state index < -0.39 is 10.0 Å². The van der Waals surface area contributed by atoms with Crippen molar-refractivity contribution in [2.45, 2.75) is 23.1 Å². The van der Waals surface area contributed by atoms with E-state index in [-0.39, 0.29) is 10.8 Å². The van der Waals surface area contributed by atoms with Crippen LogP contribution < -0.4 is 9.62 Å². The van der Waals surface area contributed by atoms with Crippen LogP contribution in [0.5, 0.6) is 0 Å². The number of amides is 1. The number of nitrogens with one attached hydrogen (secondary N) is 1. The van der Waals surface area contributed by atoms with E-state index in [1.165, 1.54) is 24.5 Å². The molecule has 0 atom stereocenters. The molecule has 0 saturated heterocycles. The van der Waals surface area contributed by atoms with E-state index in [1.807, 2.05) is 13.8 Å². The number of sulfonamides is 1. The zero-order chi connectivity index (χ0) is 21.0. The molecule has 29 heavy (non-hydrogen) atoms. The number of hydrogen-bond donors (Lipinski definition) is 1. The number of thioether (sulfide) groups is 1. The maximum Gasteiger partial charge on any atom is 0.264 e. The Balaban J connectivity index is 1.80. The highest BCUT2D eigenvalue weighted by Crippen LogP contribution is 2.26. The van der Waals surface area contributed by atoms with Crippen molar-refractivity contribution in [2.24, 2.45) is 0 Å². The molecule has 3 aromatic rings. The van der Waals surface area contributed by atoms with Crippen molar-refractivity contribution >= 4 is 49.8 Å². The van der Waals surface area contributed by atoms with Crippen LogP contribution in [0.3, 0.4) is 0 Å². The molecule has 0 fully saturated rings. The van der Waals surface area contributed by atoms with E-state index in [0.717, 1.165) is 20.0 Å². The minimum absolute atomic E-state index is 0.190. The Morgan fingerprint density at radius 2 is 1.90 bits per heavy atom. The molecule has 152 valence electrons. The third-order valence-electron chi connectivity index (χ3n) is 4.05. The summed E-state index contributed by atoms with van der Waals surface area (Å²) in [5.74, 6) is 0.490. The number of rotatable bonds is 7. The average Bonchev–Trinajstić information content (AvgIpc) is 3.15. The first-order chi connectivity index (χ1) is 13.8. The topological polar surface area (TPSA) is 92.3 Å². The zero-order valence-corrected chi connectivity index (χ0v) is 18.6. The number of nitrogens with zero attached hydrogens (tertiary/aromatic N) is 3. The Labute approximate surface area is 178 Å². The van der Waals surface area contributed by atoms with Gasteiger partial charge >= 0.3 is 0 Å². The second kappa shape index (κ2) is 8.93. The van der Waals surface area contributed by atoms with Gasteiger partial charge in [-0.1, -0.05) is 53.8 Å². The fourth-order valence-corrected chi connectivity index (χ4v) is 5.29. The minimum Gasteiger partial charge on any atom is -0.296 e. The second-order valence-electron chi connectivity index (χ2n) is 6.10. The molecule has 0 bridgehead atoms. The van der Waals surface area contributed by atoms with Crippen molar-refractivity contribution in [3.8, 4) is 0 Å². The molecular formula is C19H20N4O3S3. The summed E-state index contributed by atoms with van der Waals surface area (Å²) in [6.07, 6.45) is 0. The van der Waals surface area contributed by atoms with Gasteiger partial charge in [-0.15, -0.1) is 10.2 Å². The summed E-state index contributed by atoms with van der Waals surface area (Å²) in [5.41, 5.74) is 1.69. The van der Waals surface area contributed by atoms with Crippen LogP contribution in [-0.2, 0) is 10.0 Å². The molecule has 0 radical (unpaired) electrons. The van der Waals surface area contributed by atoms with E-state index in [0.29, 0.717) is 16.4 Å². The maximum absolute atomic E-state index is 12.9. The monoisotopic (exact) mass is 448 g/mol. The number of aryl methyl sites for hydroxylation is 1. The number of carbonyl (C=O) groups excluding carboxylic acids is 1. The largest absolute Gasteiger partial charge is 0.296 e. The lowest BCUT2D eigenvalue weighted by atomic mass is 10.2. The number of anilines is 2. The summed E-state index contributed by atoms with van der Waals surface area (Å²) >= 11 is 2.84. The second-order valence-corrected chi connectivity index (χ2v) is 10.6. The smallest absolute Gasteiger partial charge is 0.264 e. The van der Waals surface area contributed by atoms with Crippen molar-refractivity contribution < 1.29 is 13.2 Å². The van der Waals surface area contributed by atoms with Gasteiger partial charge in [0.1, 0.15) is 0 Å². The predicted octanol–water partition coefficient (Wildman–Crippen LogP) is 4.04. The Hall–Kier alpha value is -2.43. The molecule has 0 saturated carbocycles. The van der Waals surface area contributed by atoms with Gasteiger partial charge in [0, 0.05) is 12.6 Å². The fraction of sp³-hybridized carbons (Fsp3) is 0.211. The van der Waals surface area contributed by atoms with Crippen LogP contribution in [0.15, 0.2) is 57.8 Å². The molecule has 0 spiro atoms. The van der Waals surface area contributed by atoms with Crippen LogP contribution in [0.4, 0.5) is 10.8 Å². The fourth-order valence-electron chi connectivity index (χ4n) is 2.46. The van der Waals surface area contributed by atoms with Gasteiger partial charge in [-0.2, -0.15) is 0 Å². The van der Waals surface area contributed by atoms with Gasteiger partial charge in [-0.05, 0) is 43.0 Å². The SMILES string of the molecule is CCSc1nnc(NC(=O)c2cccc(N(C)S(=O)(=O)c3ccc(C)cc3)c2)s1. The number of hydrogen-bond acceptors (Lipinski definition) is 7. The summed E-state index contributed by atoms with van der Waals surface area (Å²) in [6.45, 7) is 3.90. The van der Waals surface area contributed by atoms with Crippen LogP contribution in [0.2, 0.25) is 0 Å². The van der Waals surface area contributed by atoms with E-state index >= 15 is 0 Å². The lowest BCUT2D eigenvalue weighted by Crippen LogP contribution is -2.26. The third kappa shape index (κ3) is 4.95. The Morgan fingerprint density at radius 3 is 2.59 bits per heavy atom. The zero-order valence-electron chi connectivity index (χ0n) is 16.1. The molecule has 0 aliphatic carbocycles. The van der Waals surface area contributed by atoms with Crippen molar-refractivity contribution in [3.05, 3.63) is 59.7 Å². The molecular weight excluding hydrogens is 428 g/mol. The molecule has 2 aromatic carbocycles. The quantitative estimate of drug-likeness (QED) is 0.433. The predicted molar refractivity (Wildman–Crippen MR) is 117 cm³/mol. The molecule has 1 amide bonds. The van der Waals surface area contributed by atoms with E-state index in [1.54, 1.807) is 54.2 Å². The summed E-state index contributed by atoms with van der Waals surface area (Å²) in [7, 11) is -2.27. The lowest BCUT2D eigenvalue weighted by molar-refractivity contribution is 0.102. The molecule has 7 nitrogen and oxygen atoms in total. The first-order valence-corrected chi connectivity index (χ1v) is 12.0. The lowest BCUT2D eigenvalue weighted by Gasteiger charge is -2.20. The van der Waals surface area contributed by atoms with Crippen LogP contribution in [0, 0.1) is 6.92 Å². The molecule has 10 heteroatoms. The summed E-state index contributed by atoms with van der Waals surface area (Å²) < 4.78 is 27.7. The molecule has 0 unspecified atom stereocenters. The Kier molecular flexibility index (Phi) is 6.56. The highest BCUT2D eigenvalue weighted by molar-refractivity contribution is 8.01. The van der Waals surface area contributed by atoms with Crippen molar-refractivity contribution in [3.63, 3.8) is 0 Å². The number of carbonyl (C=O) groups is 1. The molecule has 1 heterocycles. The minimum atomic E-state index is -3.73. The van der Waals surface area contributed by atoms with Gasteiger partial charge in [0.05, 0.1) is 10.6 Å². The first kappa shape index (κ1) is 21.3. The van der Waals surface area contributed by atoms with Crippen molar-refractivity contribution in [1.82, 2.24) is 10.2 Å². The number of benzene rings is 2. The molecule has 0 aliphatic rings. The summed E-state index contributed by atoms with van der Waals surface area (Å²) in [5, 5.41) is 11.1. The van der Waals surface area contributed by atoms with Gasteiger partial charge in [-0.25, -0.2) is 8.42 Å². The van der Waals surface area contributed by atoms with Crippen LogP contribution in [0.1, 0.15) is 22.8 Å². The van der Waals surface area contributed by atoms with Crippen LogP contribution in [0.25, 0.3) is 0 Å². The van der Waals surface area contributed by atoms with E-state index in [9.17, 15) is 13.2 Å². The highest BCUT2D eigenvalue weighted by Gasteiger charge is 2.22. The summed E-state index contributed by atoms with van der Waals surface area (Å²) in [4.78, 5) is 12.8. The molecule has 0 aliphatic heterocycles. The average molecular weight is 449 g/mol. The third-order valence-corrected chi connectivity index (χ3v) is 7.70. The van der Waals surface area contributed by atoms with Crippen molar-refractivity contribution in [1.29, 1.82) is 0 Å². The standard InChI is InChI=1S/C19H20N4O3S3/c1-4-27-19-22-21-18(28-19)20-17(24)14-6-5-7-15(12-14)23(3)29(25,26)16-10-8-13(2)9-11-16/h5-12H,4H2,1-3H3,(H,20,21,24). The van der Waals surface area contributed by atoms with Gasteiger partial charge in [0.25, 0.3) is 15.9 Å². The Morgan fingerprint density at radius 1 is 1.17 bits per heavy atom. The van der Waals surface area contributed by atoms with Gasteiger partial charge < -0.3 is 0 Å². The maximum atomic E-state index is 12.9. The normalized spacial score (nSPS) is 11.3. The van der Waals surface area contributed by atoms with Crippen molar-refractivity contribution in [2.75, 3.05) is 22.4 Å². The van der Waals surface area contributed by atoms with Gasteiger partial charge in [0.15, 0.2) is 4.34 Å².